The quantitative estimate of drug-likeness (QED) is 0.132. The molecule has 2 heteroatoms. The van der Waals surface area contributed by atoms with Gasteiger partial charge in [0.1, 0.15) is 11.9 Å². The number of hydrogen-bond acceptors (Lipinski definition) is 0. The standard InChI is InChI=1S/C34H51N2/c1-5-6-7-8-9-10-11-12-13-20-25-35-33(26-30(4)32-23-18-15-19-24-32)28-36(29(2)3)34(35)27-31-21-16-14-17-22-31/h14-19,21-24,28-30H,5-13,20,25-27H2,1-4H3/q+1. The number of aromatic nitrogens is 2. The maximum Gasteiger partial charge on any atom is 0.261 e. The lowest BCUT2D eigenvalue weighted by molar-refractivity contribution is -0.710. The topological polar surface area (TPSA) is 8.81 Å². The Labute approximate surface area is 221 Å². The van der Waals surface area contributed by atoms with Gasteiger partial charge in [0.05, 0.1) is 19.0 Å². The van der Waals surface area contributed by atoms with Crippen molar-refractivity contribution < 1.29 is 4.57 Å². The van der Waals surface area contributed by atoms with Crippen LogP contribution in [0.5, 0.6) is 0 Å². The van der Waals surface area contributed by atoms with Crippen LogP contribution in [-0.4, -0.2) is 4.57 Å². The minimum Gasteiger partial charge on any atom is -0.232 e. The van der Waals surface area contributed by atoms with Crippen LogP contribution < -0.4 is 4.57 Å². The smallest absolute Gasteiger partial charge is 0.232 e. The van der Waals surface area contributed by atoms with E-state index in [1.54, 1.807) is 0 Å². The summed E-state index contributed by atoms with van der Waals surface area (Å²) in [5, 5.41) is 0. The lowest BCUT2D eigenvalue weighted by Crippen LogP contribution is -2.42. The second-order valence-corrected chi connectivity index (χ2v) is 11.0. The van der Waals surface area contributed by atoms with E-state index in [4.69, 9.17) is 0 Å². The summed E-state index contributed by atoms with van der Waals surface area (Å²) in [4.78, 5) is 0. The SMILES string of the molecule is CCCCCCCCCCCC[n+]1c(CC(C)c2ccccc2)cn(C(C)C)c1Cc1ccccc1. The molecule has 0 amide bonds. The molecule has 1 aromatic heterocycles. The maximum atomic E-state index is 2.68. The summed E-state index contributed by atoms with van der Waals surface area (Å²) in [5.41, 5.74) is 4.32. The fraction of sp³-hybridized carbons (Fsp3) is 0.559. The summed E-state index contributed by atoms with van der Waals surface area (Å²) < 4.78 is 5.22. The fourth-order valence-corrected chi connectivity index (χ4v) is 5.43. The number of hydrogen-bond donors (Lipinski definition) is 0. The first-order chi connectivity index (χ1) is 17.6. The van der Waals surface area contributed by atoms with E-state index in [1.165, 1.54) is 86.9 Å². The summed E-state index contributed by atoms with van der Waals surface area (Å²) in [6, 6.07) is 22.5. The molecule has 2 nitrogen and oxygen atoms in total. The zero-order chi connectivity index (χ0) is 25.6. The summed E-state index contributed by atoms with van der Waals surface area (Å²) >= 11 is 0. The van der Waals surface area contributed by atoms with E-state index in [9.17, 15) is 0 Å². The molecule has 0 fully saturated rings. The largest absolute Gasteiger partial charge is 0.261 e. The molecule has 1 heterocycles. The van der Waals surface area contributed by atoms with E-state index < -0.39 is 0 Å². The van der Waals surface area contributed by atoms with Crippen LogP contribution in [0.2, 0.25) is 0 Å². The van der Waals surface area contributed by atoms with Crippen molar-refractivity contribution in [3.05, 3.63) is 89.5 Å². The number of imidazole rings is 1. The van der Waals surface area contributed by atoms with E-state index >= 15 is 0 Å². The van der Waals surface area contributed by atoms with Gasteiger partial charge in [0.15, 0.2) is 0 Å². The van der Waals surface area contributed by atoms with Crippen LogP contribution in [-0.2, 0) is 19.4 Å². The summed E-state index contributed by atoms with van der Waals surface area (Å²) in [7, 11) is 0. The van der Waals surface area contributed by atoms with Crippen LogP contribution in [0, 0.1) is 0 Å². The maximum absolute atomic E-state index is 2.68. The molecule has 0 N–H and O–H groups in total. The second kappa shape index (κ2) is 15.7. The van der Waals surface area contributed by atoms with Crippen molar-refractivity contribution in [2.45, 2.75) is 123 Å². The Morgan fingerprint density at radius 1 is 0.694 bits per heavy atom. The van der Waals surface area contributed by atoms with Crippen LogP contribution in [0.1, 0.15) is 127 Å². The van der Waals surface area contributed by atoms with Crippen molar-refractivity contribution in [3.63, 3.8) is 0 Å². The molecule has 3 aromatic rings. The van der Waals surface area contributed by atoms with Crippen molar-refractivity contribution in [1.82, 2.24) is 4.57 Å². The highest BCUT2D eigenvalue weighted by Gasteiger charge is 2.26. The van der Waals surface area contributed by atoms with E-state index in [1.807, 2.05) is 0 Å². The van der Waals surface area contributed by atoms with Gasteiger partial charge in [-0.05, 0) is 43.7 Å². The third-order valence-electron chi connectivity index (χ3n) is 7.63. The average molecular weight is 488 g/mol. The molecule has 0 saturated carbocycles. The monoisotopic (exact) mass is 487 g/mol. The van der Waals surface area contributed by atoms with Crippen LogP contribution in [0.3, 0.4) is 0 Å². The van der Waals surface area contributed by atoms with E-state index in [0.717, 1.165) is 19.4 Å². The van der Waals surface area contributed by atoms with E-state index in [0.29, 0.717) is 12.0 Å². The molecule has 0 aliphatic rings. The molecule has 1 unspecified atom stereocenters. The van der Waals surface area contributed by atoms with Gasteiger partial charge < -0.3 is 0 Å². The van der Waals surface area contributed by atoms with Gasteiger partial charge in [-0.2, -0.15) is 0 Å². The Kier molecular flexibility index (Phi) is 12.3. The van der Waals surface area contributed by atoms with E-state index in [2.05, 4.69) is 104 Å². The number of unbranched alkanes of at least 4 members (excludes halogenated alkanes) is 9. The van der Waals surface area contributed by atoms with Gasteiger partial charge in [-0.1, -0.05) is 126 Å². The molecule has 1 atom stereocenters. The van der Waals surface area contributed by atoms with Crippen molar-refractivity contribution in [2.24, 2.45) is 0 Å². The normalized spacial score (nSPS) is 12.4. The predicted octanol–water partition coefficient (Wildman–Crippen LogP) is 9.21. The fourth-order valence-electron chi connectivity index (χ4n) is 5.43. The zero-order valence-corrected chi connectivity index (χ0v) is 23.6. The molecule has 0 bridgehead atoms. The molecule has 2 aromatic carbocycles. The highest BCUT2D eigenvalue weighted by atomic mass is 15.2. The third kappa shape index (κ3) is 8.95. The van der Waals surface area contributed by atoms with Crippen molar-refractivity contribution in [2.75, 3.05) is 0 Å². The summed E-state index contributed by atoms with van der Waals surface area (Å²) in [5.74, 6) is 1.97. The number of rotatable bonds is 17. The molecule has 196 valence electrons. The van der Waals surface area contributed by atoms with Gasteiger partial charge in [0, 0.05) is 6.42 Å². The number of benzene rings is 2. The minimum absolute atomic E-state index is 0.462. The zero-order valence-electron chi connectivity index (χ0n) is 23.6. The first-order valence-electron chi connectivity index (χ1n) is 14.8. The van der Waals surface area contributed by atoms with Gasteiger partial charge in [-0.3, -0.25) is 0 Å². The Bertz CT molecular complexity index is 971. The molecule has 0 radical (unpaired) electrons. The molecular weight excluding hydrogens is 436 g/mol. The van der Waals surface area contributed by atoms with Crippen LogP contribution >= 0.6 is 0 Å². The van der Waals surface area contributed by atoms with Crippen LogP contribution in [0.4, 0.5) is 0 Å². The molecule has 0 saturated heterocycles. The Hall–Kier alpha value is -2.35. The van der Waals surface area contributed by atoms with Crippen LogP contribution in [0.25, 0.3) is 0 Å². The predicted molar refractivity (Wildman–Crippen MR) is 155 cm³/mol. The van der Waals surface area contributed by atoms with Gasteiger partial charge >= 0.3 is 0 Å². The lowest BCUT2D eigenvalue weighted by Gasteiger charge is -2.12. The Morgan fingerprint density at radius 3 is 1.83 bits per heavy atom. The van der Waals surface area contributed by atoms with Crippen molar-refractivity contribution in [1.29, 1.82) is 0 Å². The molecular formula is C34H51N2+. The molecule has 36 heavy (non-hydrogen) atoms. The lowest BCUT2D eigenvalue weighted by atomic mass is 9.96. The van der Waals surface area contributed by atoms with Crippen LogP contribution in [0.15, 0.2) is 66.9 Å². The van der Waals surface area contributed by atoms with Crippen molar-refractivity contribution >= 4 is 0 Å². The first kappa shape index (κ1) is 28.2. The molecule has 0 aliphatic carbocycles. The summed E-state index contributed by atoms with van der Waals surface area (Å²) in [6.45, 7) is 10.5. The van der Waals surface area contributed by atoms with Gasteiger partial charge in [0.25, 0.3) is 5.82 Å². The molecule has 0 aliphatic heterocycles. The van der Waals surface area contributed by atoms with Gasteiger partial charge in [0.2, 0.25) is 0 Å². The average Bonchev–Trinajstić information content (AvgIpc) is 3.23. The molecule has 3 rings (SSSR count). The molecule has 0 spiro atoms. The highest BCUT2D eigenvalue weighted by Crippen LogP contribution is 2.22. The Balaban J connectivity index is 1.69. The Morgan fingerprint density at radius 2 is 1.25 bits per heavy atom. The van der Waals surface area contributed by atoms with E-state index in [-0.39, 0.29) is 0 Å². The third-order valence-corrected chi connectivity index (χ3v) is 7.63. The highest BCUT2D eigenvalue weighted by molar-refractivity contribution is 5.21. The summed E-state index contributed by atoms with van der Waals surface area (Å²) in [6.07, 6.45) is 18.4. The first-order valence-corrected chi connectivity index (χ1v) is 14.8. The van der Waals surface area contributed by atoms with Gasteiger partial charge in [-0.15, -0.1) is 0 Å². The van der Waals surface area contributed by atoms with Crippen molar-refractivity contribution in [3.8, 4) is 0 Å². The minimum atomic E-state index is 0.462. The van der Waals surface area contributed by atoms with Gasteiger partial charge in [-0.25, -0.2) is 9.13 Å². The second-order valence-electron chi connectivity index (χ2n) is 11.0. The number of nitrogens with zero attached hydrogens (tertiary/aromatic N) is 2.